The minimum Gasteiger partial charge on any atom is -0.377 e. The largest absolute Gasteiger partial charge is 0.377 e. The summed E-state index contributed by atoms with van der Waals surface area (Å²) in [4.78, 5) is 14.2. The molecule has 0 aliphatic carbocycles. The predicted molar refractivity (Wildman–Crippen MR) is 73.6 cm³/mol. The van der Waals surface area contributed by atoms with Gasteiger partial charge < -0.3 is 15.0 Å². The highest BCUT2D eigenvalue weighted by atomic mass is 16.5. The number of carbonyl (C=O) groups is 1. The summed E-state index contributed by atoms with van der Waals surface area (Å²) in [5.41, 5.74) is 0. The molecular weight excluding hydrogens is 228 g/mol. The van der Waals surface area contributed by atoms with E-state index in [1.807, 2.05) is 11.9 Å². The molecule has 1 rings (SSSR count). The summed E-state index contributed by atoms with van der Waals surface area (Å²) in [5.74, 6) is 1.03. The highest BCUT2D eigenvalue weighted by Gasteiger charge is 2.25. The maximum atomic E-state index is 12.2. The lowest BCUT2D eigenvalue weighted by Crippen LogP contribution is -2.52. The molecule has 0 spiro atoms. The van der Waals surface area contributed by atoms with E-state index < -0.39 is 0 Å². The standard InChI is InChI=1S/C14H28N2O2/c1-12(2)6-4-5-7-14(17)16-8-9-18-11-13(16)10-15-3/h12-13,15H,4-11H2,1-3H3. The van der Waals surface area contributed by atoms with Crippen molar-refractivity contribution in [2.45, 2.75) is 45.6 Å². The average Bonchev–Trinajstić information content (AvgIpc) is 2.35. The molecule has 0 bridgehead atoms. The predicted octanol–water partition coefficient (Wildman–Crippen LogP) is 1.65. The molecule has 1 unspecified atom stereocenters. The Hall–Kier alpha value is -0.610. The normalized spacial score (nSPS) is 20.4. The number of rotatable bonds is 7. The van der Waals surface area contributed by atoms with Crippen LogP contribution < -0.4 is 5.32 Å². The van der Waals surface area contributed by atoms with Crippen molar-refractivity contribution < 1.29 is 9.53 Å². The highest BCUT2D eigenvalue weighted by molar-refractivity contribution is 5.76. The van der Waals surface area contributed by atoms with Gasteiger partial charge in [0.05, 0.1) is 19.3 Å². The van der Waals surface area contributed by atoms with E-state index in [-0.39, 0.29) is 6.04 Å². The van der Waals surface area contributed by atoms with E-state index in [1.54, 1.807) is 0 Å². The number of ether oxygens (including phenoxy) is 1. The Kier molecular flexibility index (Phi) is 7.28. The van der Waals surface area contributed by atoms with Crippen LogP contribution >= 0.6 is 0 Å². The van der Waals surface area contributed by atoms with E-state index in [1.165, 1.54) is 6.42 Å². The molecule has 1 fully saturated rings. The first-order chi connectivity index (χ1) is 8.65. The van der Waals surface area contributed by atoms with Gasteiger partial charge in [0.2, 0.25) is 5.91 Å². The van der Waals surface area contributed by atoms with Gasteiger partial charge in [-0.3, -0.25) is 4.79 Å². The van der Waals surface area contributed by atoms with Gasteiger partial charge in [0.15, 0.2) is 0 Å². The van der Waals surface area contributed by atoms with Crippen molar-refractivity contribution in [3.05, 3.63) is 0 Å². The van der Waals surface area contributed by atoms with Crippen LogP contribution in [0.2, 0.25) is 0 Å². The molecular formula is C14H28N2O2. The van der Waals surface area contributed by atoms with Gasteiger partial charge in [-0.05, 0) is 19.4 Å². The summed E-state index contributed by atoms with van der Waals surface area (Å²) in [6.07, 6.45) is 4.08. The number of hydrogen-bond acceptors (Lipinski definition) is 3. The van der Waals surface area contributed by atoms with E-state index in [9.17, 15) is 4.79 Å². The highest BCUT2D eigenvalue weighted by Crippen LogP contribution is 2.12. The molecule has 106 valence electrons. The third-order valence-electron chi connectivity index (χ3n) is 3.41. The SMILES string of the molecule is CNCC1COCCN1C(=O)CCCCC(C)C. The third kappa shape index (κ3) is 5.36. The fourth-order valence-electron chi connectivity index (χ4n) is 2.36. The Labute approximate surface area is 111 Å². The molecule has 1 amide bonds. The lowest BCUT2D eigenvalue weighted by molar-refractivity contribution is -0.139. The Morgan fingerprint density at radius 2 is 2.22 bits per heavy atom. The number of likely N-dealkylation sites (N-methyl/N-ethyl adjacent to an activating group) is 1. The van der Waals surface area contributed by atoms with Crippen molar-refractivity contribution in [1.29, 1.82) is 0 Å². The first-order valence-corrected chi connectivity index (χ1v) is 7.17. The molecule has 1 saturated heterocycles. The Balaban J connectivity index is 2.29. The quantitative estimate of drug-likeness (QED) is 0.704. The Bertz CT molecular complexity index is 242. The summed E-state index contributed by atoms with van der Waals surface area (Å²) in [6, 6.07) is 0.210. The Morgan fingerprint density at radius 1 is 1.44 bits per heavy atom. The van der Waals surface area contributed by atoms with Crippen molar-refractivity contribution in [2.24, 2.45) is 5.92 Å². The first-order valence-electron chi connectivity index (χ1n) is 7.17. The van der Waals surface area contributed by atoms with Gasteiger partial charge in [0.1, 0.15) is 0 Å². The fourth-order valence-corrected chi connectivity index (χ4v) is 2.36. The first kappa shape index (κ1) is 15.4. The monoisotopic (exact) mass is 256 g/mol. The summed E-state index contributed by atoms with van der Waals surface area (Å²) >= 11 is 0. The molecule has 0 radical (unpaired) electrons. The van der Waals surface area contributed by atoms with Gasteiger partial charge in [-0.15, -0.1) is 0 Å². The molecule has 1 N–H and O–H groups in total. The number of amides is 1. The number of hydrogen-bond donors (Lipinski definition) is 1. The van der Waals surface area contributed by atoms with Crippen LogP contribution in [0.3, 0.4) is 0 Å². The van der Waals surface area contributed by atoms with Crippen LogP contribution in [0.5, 0.6) is 0 Å². The summed E-state index contributed by atoms with van der Waals surface area (Å²) in [7, 11) is 1.92. The van der Waals surface area contributed by atoms with Gasteiger partial charge in [-0.25, -0.2) is 0 Å². The number of carbonyl (C=O) groups excluding carboxylic acids is 1. The molecule has 1 atom stereocenters. The number of nitrogens with one attached hydrogen (secondary N) is 1. The summed E-state index contributed by atoms with van der Waals surface area (Å²) in [5, 5.41) is 3.13. The second-order valence-corrected chi connectivity index (χ2v) is 5.51. The topological polar surface area (TPSA) is 41.6 Å². The van der Waals surface area contributed by atoms with E-state index in [0.29, 0.717) is 25.5 Å². The van der Waals surface area contributed by atoms with Crippen molar-refractivity contribution >= 4 is 5.91 Å². The van der Waals surface area contributed by atoms with Crippen molar-refractivity contribution in [3.63, 3.8) is 0 Å². The minimum atomic E-state index is 0.210. The second kappa shape index (κ2) is 8.48. The lowest BCUT2D eigenvalue weighted by Gasteiger charge is -2.35. The molecule has 0 aromatic rings. The maximum absolute atomic E-state index is 12.2. The fraction of sp³-hybridized carbons (Fsp3) is 0.929. The van der Waals surface area contributed by atoms with Gasteiger partial charge in [-0.1, -0.05) is 26.7 Å². The molecule has 0 saturated carbocycles. The van der Waals surface area contributed by atoms with Crippen molar-refractivity contribution in [2.75, 3.05) is 33.4 Å². The van der Waals surface area contributed by atoms with Crippen LogP contribution in [0.25, 0.3) is 0 Å². The third-order valence-corrected chi connectivity index (χ3v) is 3.41. The van der Waals surface area contributed by atoms with Crippen LogP contribution in [0.15, 0.2) is 0 Å². The molecule has 0 aromatic carbocycles. The number of nitrogens with zero attached hydrogens (tertiary/aromatic N) is 1. The van der Waals surface area contributed by atoms with Gasteiger partial charge in [0, 0.05) is 19.5 Å². The van der Waals surface area contributed by atoms with Gasteiger partial charge in [-0.2, -0.15) is 0 Å². The van der Waals surface area contributed by atoms with Crippen LogP contribution in [0.4, 0.5) is 0 Å². The summed E-state index contributed by atoms with van der Waals surface area (Å²) in [6.45, 7) is 7.36. The lowest BCUT2D eigenvalue weighted by atomic mass is 10.0. The average molecular weight is 256 g/mol. The number of morpholine rings is 1. The van der Waals surface area contributed by atoms with E-state index in [4.69, 9.17) is 4.74 Å². The zero-order valence-electron chi connectivity index (χ0n) is 12.1. The maximum Gasteiger partial charge on any atom is 0.223 e. The molecule has 1 aliphatic heterocycles. The zero-order valence-corrected chi connectivity index (χ0v) is 12.1. The molecule has 18 heavy (non-hydrogen) atoms. The zero-order chi connectivity index (χ0) is 13.4. The smallest absolute Gasteiger partial charge is 0.223 e. The second-order valence-electron chi connectivity index (χ2n) is 5.51. The minimum absolute atomic E-state index is 0.210. The van der Waals surface area contributed by atoms with E-state index >= 15 is 0 Å². The number of unbranched alkanes of at least 4 members (excludes halogenated alkanes) is 1. The molecule has 1 aliphatic rings. The molecule has 4 nitrogen and oxygen atoms in total. The van der Waals surface area contributed by atoms with Gasteiger partial charge in [0.25, 0.3) is 0 Å². The van der Waals surface area contributed by atoms with Gasteiger partial charge >= 0.3 is 0 Å². The molecule has 1 heterocycles. The molecule has 4 heteroatoms. The summed E-state index contributed by atoms with van der Waals surface area (Å²) < 4.78 is 5.44. The van der Waals surface area contributed by atoms with E-state index in [0.717, 1.165) is 31.8 Å². The van der Waals surface area contributed by atoms with Crippen molar-refractivity contribution in [1.82, 2.24) is 10.2 Å². The van der Waals surface area contributed by atoms with Crippen LogP contribution in [0.1, 0.15) is 39.5 Å². The van der Waals surface area contributed by atoms with Crippen LogP contribution in [0, 0.1) is 5.92 Å². The Morgan fingerprint density at radius 3 is 2.89 bits per heavy atom. The van der Waals surface area contributed by atoms with Crippen LogP contribution in [-0.4, -0.2) is 50.2 Å². The van der Waals surface area contributed by atoms with E-state index in [2.05, 4.69) is 19.2 Å². The van der Waals surface area contributed by atoms with Crippen molar-refractivity contribution in [3.8, 4) is 0 Å². The van der Waals surface area contributed by atoms with Crippen LogP contribution in [-0.2, 0) is 9.53 Å². The molecule has 0 aromatic heterocycles.